The molecule has 0 aliphatic carbocycles. The summed E-state index contributed by atoms with van der Waals surface area (Å²) in [5, 5.41) is 0. The highest BCUT2D eigenvalue weighted by molar-refractivity contribution is 14.3. The molecule has 7 heavy (non-hydrogen) atoms. The first kappa shape index (κ1) is 9.85. The zero-order valence-electron chi connectivity index (χ0n) is 2.97. The summed E-state index contributed by atoms with van der Waals surface area (Å²) in [5.41, 5.74) is 0. The Hall–Kier alpha value is 2.85. The molecule has 0 aromatic heterocycles. The van der Waals surface area contributed by atoms with Gasteiger partial charge in [0.25, 0.3) is 0 Å². The molecule has 0 bridgehead atoms. The number of halogens is 5. The van der Waals surface area contributed by atoms with Crippen LogP contribution in [-0.4, -0.2) is 3.61 Å². The lowest BCUT2D eigenvalue weighted by atomic mass is 10.9. The lowest BCUT2D eigenvalue weighted by Crippen LogP contribution is -2.09. The SMILES string of the molecule is FC(I)C(I)(I)I. The van der Waals surface area contributed by atoms with E-state index in [9.17, 15) is 4.39 Å². The normalized spacial score (nSPS) is 16.7. The largest absolute Gasteiger partial charge is 0.233 e. The Bertz CT molecular complexity index is 55.2. The Kier molecular flexibility index (Phi) is 5.46. The van der Waals surface area contributed by atoms with Crippen LogP contribution in [0.1, 0.15) is 0 Å². The van der Waals surface area contributed by atoms with Crippen molar-refractivity contribution < 1.29 is 4.39 Å². The highest BCUT2D eigenvalue weighted by atomic mass is 127. The van der Waals surface area contributed by atoms with E-state index in [1.807, 2.05) is 0 Å². The van der Waals surface area contributed by atoms with Crippen molar-refractivity contribution in [3.63, 3.8) is 0 Å². The summed E-state index contributed by atoms with van der Waals surface area (Å²) in [7, 11) is 0. The van der Waals surface area contributed by atoms with E-state index in [2.05, 4.69) is 67.8 Å². The Morgan fingerprint density at radius 1 is 1.29 bits per heavy atom. The summed E-state index contributed by atoms with van der Waals surface area (Å²) in [5.74, 6) is 0. The number of rotatable bonds is 1. The van der Waals surface area contributed by atoms with Crippen molar-refractivity contribution in [2.45, 2.75) is 3.61 Å². The molecular formula is C2HFI4. The fourth-order valence-electron chi connectivity index (χ4n) is 0. The Labute approximate surface area is 96.3 Å². The van der Waals surface area contributed by atoms with Crippen molar-refractivity contribution in [2.75, 3.05) is 0 Å². The van der Waals surface area contributed by atoms with E-state index in [1.165, 1.54) is 0 Å². The van der Waals surface area contributed by atoms with Crippen LogP contribution in [0.3, 0.4) is 0 Å². The van der Waals surface area contributed by atoms with E-state index in [0.29, 0.717) is 0 Å². The Balaban J connectivity index is 3.54. The highest BCUT2D eigenvalue weighted by Crippen LogP contribution is 2.43. The van der Waals surface area contributed by atoms with Crippen molar-refractivity contribution in [3.05, 3.63) is 0 Å². The fraction of sp³-hybridized carbons (Fsp3) is 1.00. The maximum absolute atomic E-state index is 12.2. The van der Waals surface area contributed by atoms with Crippen LogP contribution in [-0.2, 0) is 0 Å². The first-order valence-electron chi connectivity index (χ1n) is 1.29. The van der Waals surface area contributed by atoms with Gasteiger partial charge in [0.05, 0.1) is 0 Å². The van der Waals surface area contributed by atoms with E-state index in [1.54, 1.807) is 22.6 Å². The second-order valence-electron chi connectivity index (χ2n) is 0.842. The average molecular weight is 552 g/mol. The van der Waals surface area contributed by atoms with Gasteiger partial charge in [-0.05, 0) is 22.6 Å². The minimum atomic E-state index is -0.771. The lowest BCUT2D eigenvalue weighted by molar-refractivity contribution is 0.504. The van der Waals surface area contributed by atoms with Crippen molar-refractivity contribution in [3.8, 4) is 0 Å². The smallest absolute Gasteiger partial charge is 0.183 e. The number of hydrogen-bond acceptors (Lipinski definition) is 0. The van der Waals surface area contributed by atoms with Gasteiger partial charge in [0, 0.05) is 0 Å². The fourth-order valence-corrected chi connectivity index (χ4v) is 0. The van der Waals surface area contributed by atoms with Gasteiger partial charge in [-0.25, -0.2) is 4.39 Å². The van der Waals surface area contributed by atoms with Crippen LogP contribution in [0.25, 0.3) is 0 Å². The molecular weight excluding hydrogens is 551 g/mol. The number of alkyl halides is 5. The molecule has 1 unspecified atom stereocenters. The molecule has 0 aliphatic rings. The van der Waals surface area contributed by atoms with Crippen molar-refractivity contribution >= 4 is 90.4 Å². The number of hydrogen-bond donors (Lipinski definition) is 0. The Morgan fingerprint density at radius 3 is 1.43 bits per heavy atom. The average Bonchev–Trinajstić information content (AvgIpc) is 1.31. The van der Waals surface area contributed by atoms with Gasteiger partial charge >= 0.3 is 0 Å². The molecule has 0 aromatic rings. The molecule has 0 spiro atoms. The van der Waals surface area contributed by atoms with E-state index in [0.717, 1.165) is 0 Å². The first-order chi connectivity index (χ1) is 2.94. The van der Waals surface area contributed by atoms with Crippen LogP contribution in [0.15, 0.2) is 0 Å². The Morgan fingerprint density at radius 2 is 1.43 bits per heavy atom. The van der Waals surface area contributed by atoms with Crippen molar-refractivity contribution in [1.29, 1.82) is 0 Å². The molecule has 0 aliphatic heterocycles. The molecule has 0 saturated carbocycles. The predicted octanol–water partition coefficient (Wildman–Crippen LogP) is 3.68. The summed E-state index contributed by atoms with van der Waals surface area (Å²) in [6.07, 6.45) is 0. The summed E-state index contributed by atoms with van der Waals surface area (Å²) in [4.78, 5) is 0. The first-order valence-corrected chi connectivity index (χ1v) is 5.77. The molecule has 1 atom stereocenters. The van der Waals surface area contributed by atoms with Crippen LogP contribution in [0.5, 0.6) is 0 Å². The van der Waals surface area contributed by atoms with Gasteiger partial charge in [-0.3, -0.25) is 0 Å². The quantitative estimate of drug-likeness (QED) is 0.345. The van der Waals surface area contributed by atoms with Crippen LogP contribution in [0.4, 0.5) is 4.39 Å². The third-order valence-electron chi connectivity index (χ3n) is 0.247. The van der Waals surface area contributed by atoms with Gasteiger partial charge in [-0.1, -0.05) is 67.8 Å². The van der Waals surface area contributed by atoms with E-state index in [4.69, 9.17) is 0 Å². The summed E-state index contributed by atoms with van der Waals surface area (Å²) < 4.78 is 11.1. The highest BCUT2D eigenvalue weighted by Gasteiger charge is 2.27. The second-order valence-corrected chi connectivity index (χ2v) is 13.2. The minimum absolute atomic E-state index is 0.270. The zero-order valence-corrected chi connectivity index (χ0v) is 11.6. The van der Waals surface area contributed by atoms with Gasteiger partial charge in [-0.15, -0.1) is 0 Å². The van der Waals surface area contributed by atoms with Gasteiger partial charge in [0.15, 0.2) is 3.61 Å². The van der Waals surface area contributed by atoms with Crippen LogP contribution in [0, 0.1) is 0 Å². The molecule has 0 heterocycles. The van der Waals surface area contributed by atoms with Gasteiger partial charge in [-0.2, -0.15) is 0 Å². The van der Waals surface area contributed by atoms with Gasteiger partial charge in [0.2, 0.25) is 0 Å². The predicted molar refractivity (Wildman–Crippen MR) is 63.7 cm³/mol. The summed E-state index contributed by atoms with van der Waals surface area (Å²) in [6.45, 7) is 0. The van der Waals surface area contributed by atoms with Crippen LogP contribution < -0.4 is 0 Å². The monoisotopic (exact) mass is 552 g/mol. The third-order valence-corrected chi connectivity index (χ3v) is 6.40. The van der Waals surface area contributed by atoms with Crippen LogP contribution in [0.2, 0.25) is 0 Å². The standard InChI is InChI=1S/C2HFI4/c3-1(4)2(5,6)7/h1H. The van der Waals surface area contributed by atoms with E-state index < -0.39 is 4.18 Å². The summed E-state index contributed by atoms with van der Waals surface area (Å²) in [6, 6.07) is 0. The van der Waals surface area contributed by atoms with Crippen LogP contribution >= 0.6 is 90.4 Å². The van der Waals surface area contributed by atoms with Crippen molar-refractivity contribution in [2.24, 2.45) is 0 Å². The maximum Gasteiger partial charge on any atom is 0.183 e. The van der Waals surface area contributed by atoms with E-state index in [-0.39, 0.29) is -0.565 Å². The molecule has 0 N–H and O–H groups in total. The van der Waals surface area contributed by atoms with E-state index >= 15 is 0 Å². The molecule has 0 radical (unpaired) electrons. The molecule has 0 aromatic carbocycles. The molecule has 0 rings (SSSR count). The zero-order chi connectivity index (χ0) is 6.08. The second kappa shape index (κ2) is 3.88. The topological polar surface area (TPSA) is 0 Å². The third kappa shape index (κ3) is 5.30. The molecule has 0 amide bonds. The molecule has 0 saturated heterocycles. The maximum atomic E-state index is 12.2. The molecule has 0 fully saturated rings. The lowest BCUT2D eigenvalue weighted by Gasteiger charge is -2.10. The molecule has 5 heteroatoms. The molecule has 44 valence electrons. The van der Waals surface area contributed by atoms with Gasteiger partial charge in [0.1, 0.15) is 0 Å². The van der Waals surface area contributed by atoms with Gasteiger partial charge < -0.3 is 0 Å². The minimum Gasteiger partial charge on any atom is -0.233 e. The van der Waals surface area contributed by atoms with Crippen molar-refractivity contribution in [1.82, 2.24) is 0 Å². The molecule has 0 nitrogen and oxygen atoms in total. The summed E-state index contributed by atoms with van der Waals surface area (Å²) >= 11 is 7.93.